The van der Waals surface area contributed by atoms with Crippen molar-refractivity contribution in [1.29, 1.82) is 0 Å². The molecule has 1 fully saturated rings. The lowest BCUT2D eigenvalue weighted by Crippen LogP contribution is -2.43. The molecule has 0 radical (unpaired) electrons. The van der Waals surface area contributed by atoms with Crippen molar-refractivity contribution >= 4 is 22.9 Å². The highest BCUT2D eigenvalue weighted by Gasteiger charge is 2.46. The lowest BCUT2D eigenvalue weighted by Gasteiger charge is -2.42. The Kier molecular flexibility index (Phi) is 3.98. The van der Waals surface area contributed by atoms with Gasteiger partial charge in [-0.1, -0.05) is 12.5 Å². The van der Waals surface area contributed by atoms with Crippen molar-refractivity contribution in [3.8, 4) is 0 Å². The van der Waals surface area contributed by atoms with Gasteiger partial charge in [0.1, 0.15) is 5.82 Å². The quantitative estimate of drug-likeness (QED) is 0.625. The summed E-state index contributed by atoms with van der Waals surface area (Å²) in [6, 6.07) is 12.8. The van der Waals surface area contributed by atoms with Crippen molar-refractivity contribution in [2.45, 2.75) is 50.9 Å². The van der Waals surface area contributed by atoms with Gasteiger partial charge in [-0.3, -0.25) is 15.0 Å². The molecule has 0 unspecified atom stereocenters. The van der Waals surface area contributed by atoms with Crippen LogP contribution in [0.25, 0.3) is 0 Å². The van der Waals surface area contributed by atoms with Crippen molar-refractivity contribution in [2.24, 2.45) is 4.99 Å². The topological polar surface area (TPSA) is 54.3 Å². The number of rotatable bonds is 3. The van der Waals surface area contributed by atoms with E-state index in [1.165, 1.54) is 34.8 Å². The standard InChI is InChI=1S/C25H25N5/c1-17-14-20-19(27-16-17)15-23(29-20)25(10-5-11-25)22-9-8-21-18(28-22)6-4-13-30(21)24-7-2-3-12-26-24/h2-3,7-9,12,14,16H,4-6,10-11,13,15H2,1H3. The van der Waals surface area contributed by atoms with Crippen LogP contribution in [0.15, 0.2) is 53.8 Å². The van der Waals surface area contributed by atoms with Crippen LogP contribution in [0.5, 0.6) is 0 Å². The highest BCUT2D eigenvalue weighted by molar-refractivity contribution is 6.01. The molecule has 6 rings (SSSR count). The van der Waals surface area contributed by atoms with Gasteiger partial charge in [-0.25, -0.2) is 4.98 Å². The molecule has 5 heterocycles. The number of aryl methyl sites for hydroxylation is 2. The van der Waals surface area contributed by atoms with Crippen molar-refractivity contribution in [3.05, 3.63) is 71.4 Å². The zero-order valence-electron chi connectivity index (χ0n) is 17.3. The molecule has 2 aliphatic heterocycles. The number of hydrogen-bond acceptors (Lipinski definition) is 5. The Morgan fingerprint density at radius 3 is 2.73 bits per heavy atom. The molecular formula is C25H25N5. The van der Waals surface area contributed by atoms with E-state index in [4.69, 9.17) is 9.98 Å². The van der Waals surface area contributed by atoms with Gasteiger partial charge in [0, 0.05) is 31.1 Å². The Labute approximate surface area is 176 Å². The fourth-order valence-corrected chi connectivity index (χ4v) is 5.12. The summed E-state index contributed by atoms with van der Waals surface area (Å²) in [7, 11) is 0. The molecular weight excluding hydrogens is 370 g/mol. The fraction of sp³-hybridized carbons (Fsp3) is 0.360. The predicted molar refractivity (Wildman–Crippen MR) is 119 cm³/mol. The molecule has 0 bridgehead atoms. The van der Waals surface area contributed by atoms with E-state index in [1.807, 2.05) is 24.5 Å². The van der Waals surface area contributed by atoms with Crippen LogP contribution < -0.4 is 4.90 Å². The average Bonchev–Trinajstić information content (AvgIpc) is 3.16. The molecule has 3 aromatic rings. The van der Waals surface area contributed by atoms with Gasteiger partial charge >= 0.3 is 0 Å². The molecule has 0 amide bonds. The van der Waals surface area contributed by atoms with E-state index in [1.54, 1.807) is 0 Å². The third kappa shape index (κ3) is 2.68. The van der Waals surface area contributed by atoms with Gasteiger partial charge in [-0.2, -0.15) is 0 Å². The molecule has 0 spiro atoms. The largest absolute Gasteiger partial charge is 0.325 e. The molecule has 0 atom stereocenters. The zero-order chi connectivity index (χ0) is 20.1. The maximum absolute atomic E-state index is 5.24. The minimum absolute atomic E-state index is 0.0170. The van der Waals surface area contributed by atoms with Crippen LogP contribution in [0.2, 0.25) is 0 Å². The summed E-state index contributed by atoms with van der Waals surface area (Å²) in [6.07, 6.45) is 10.3. The molecule has 5 nitrogen and oxygen atoms in total. The molecule has 30 heavy (non-hydrogen) atoms. The first-order valence-electron chi connectivity index (χ1n) is 11.0. The van der Waals surface area contributed by atoms with Crippen molar-refractivity contribution in [3.63, 3.8) is 0 Å². The van der Waals surface area contributed by atoms with Crippen molar-refractivity contribution in [2.75, 3.05) is 11.4 Å². The summed E-state index contributed by atoms with van der Waals surface area (Å²) < 4.78 is 0. The minimum Gasteiger partial charge on any atom is -0.325 e. The first kappa shape index (κ1) is 17.8. The summed E-state index contributed by atoms with van der Waals surface area (Å²) >= 11 is 0. The van der Waals surface area contributed by atoms with Gasteiger partial charge in [-0.05, 0) is 68.5 Å². The number of fused-ring (bicyclic) bond motifs is 2. The van der Waals surface area contributed by atoms with Crippen LogP contribution in [0.4, 0.5) is 17.2 Å². The van der Waals surface area contributed by atoms with Gasteiger partial charge < -0.3 is 4.90 Å². The first-order valence-corrected chi connectivity index (χ1v) is 11.0. The Bertz CT molecular complexity index is 1150. The highest BCUT2D eigenvalue weighted by Crippen LogP contribution is 2.48. The van der Waals surface area contributed by atoms with Gasteiger partial charge in [0.2, 0.25) is 0 Å². The number of hydrogen-bond donors (Lipinski definition) is 0. The molecule has 5 heteroatoms. The molecule has 3 aliphatic rings. The van der Waals surface area contributed by atoms with Gasteiger partial charge in [0.05, 0.1) is 33.9 Å². The average molecular weight is 396 g/mol. The third-order valence-electron chi connectivity index (χ3n) is 6.89. The molecule has 150 valence electrons. The number of pyridine rings is 3. The SMILES string of the molecule is Cc1cnc2c(c1)N=C(C1(c3ccc4c(n3)CCCN4c3ccccn3)CCC1)C2. The van der Waals surface area contributed by atoms with Crippen molar-refractivity contribution in [1.82, 2.24) is 15.0 Å². The number of aromatic nitrogens is 3. The normalized spacial score (nSPS) is 19.0. The lowest BCUT2D eigenvalue weighted by molar-refractivity contribution is 0.329. The number of nitrogens with zero attached hydrogens (tertiary/aromatic N) is 5. The second-order valence-corrected chi connectivity index (χ2v) is 8.75. The van der Waals surface area contributed by atoms with E-state index < -0.39 is 0 Å². The Morgan fingerprint density at radius 2 is 1.93 bits per heavy atom. The smallest absolute Gasteiger partial charge is 0.132 e. The summed E-state index contributed by atoms with van der Waals surface area (Å²) in [5.41, 5.74) is 8.16. The highest BCUT2D eigenvalue weighted by atomic mass is 15.2. The van der Waals surface area contributed by atoms with Crippen LogP contribution in [0.1, 0.15) is 48.3 Å². The van der Waals surface area contributed by atoms with E-state index in [-0.39, 0.29) is 5.41 Å². The minimum atomic E-state index is -0.0170. The fourth-order valence-electron chi connectivity index (χ4n) is 5.12. The van der Waals surface area contributed by atoms with E-state index in [0.29, 0.717) is 0 Å². The van der Waals surface area contributed by atoms with E-state index in [2.05, 4.69) is 46.1 Å². The van der Waals surface area contributed by atoms with Gasteiger partial charge in [0.15, 0.2) is 0 Å². The van der Waals surface area contributed by atoms with E-state index in [9.17, 15) is 0 Å². The monoisotopic (exact) mass is 395 g/mol. The van der Waals surface area contributed by atoms with Crippen LogP contribution in [-0.4, -0.2) is 27.2 Å². The molecule has 0 saturated heterocycles. The summed E-state index contributed by atoms with van der Waals surface area (Å²) in [6.45, 7) is 3.07. The zero-order valence-corrected chi connectivity index (χ0v) is 17.3. The van der Waals surface area contributed by atoms with Crippen LogP contribution in [-0.2, 0) is 18.3 Å². The predicted octanol–water partition coefficient (Wildman–Crippen LogP) is 5.01. The lowest BCUT2D eigenvalue weighted by atomic mass is 9.62. The molecule has 1 saturated carbocycles. The summed E-state index contributed by atoms with van der Waals surface area (Å²) in [5, 5.41) is 0. The molecule has 0 N–H and O–H groups in total. The second kappa shape index (κ2) is 6.73. The maximum Gasteiger partial charge on any atom is 0.132 e. The second-order valence-electron chi connectivity index (χ2n) is 8.75. The Hall–Kier alpha value is -3.08. The Morgan fingerprint density at radius 1 is 1.00 bits per heavy atom. The molecule has 1 aliphatic carbocycles. The first-order chi connectivity index (χ1) is 14.7. The number of anilines is 2. The summed E-state index contributed by atoms with van der Waals surface area (Å²) in [4.78, 5) is 21.8. The third-order valence-corrected chi connectivity index (χ3v) is 6.89. The van der Waals surface area contributed by atoms with Gasteiger partial charge in [0.25, 0.3) is 0 Å². The van der Waals surface area contributed by atoms with Crippen LogP contribution in [0, 0.1) is 6.92 Å². The van der Waals surface area contributed by atoms with Crippen molar-refractivity contribution < 1.29 is 0 Å². The molecule has 0 aromatic carbocycles. The van der Waals surface area contributed by atoms with Crippen LogP contribution in [0.3, 0.4) is 0 Å². The van der Waals surface area contributed by atoms with E-state index >= 15 is 0 Å². The maximum atomic E-state index is 5.24. The van der Waals surface area contributed by atoms with Gasteiger partial charge in [-0.15, -0.1) is 0 Å². The van der Waals surface area contributed by atoms with E-state index in [0.717, 1.165) is 55.8 Å². The summed E-state index contributed by atoms with van der Waals surface area (Å²) in [5.74, 6) is 1.00. The Balaban J connectivity index is 1.38. The number of aliphatic imine (C=N–C) groups is 1. The molecule has 3 aromatic heterocycles. The van der Waals surface area contributed by atoms with Crippen LogP contribution >= 0.6 is 0 Å².